The van der Waals surface area contributed by atoms with Crippen molar-refractivity contribution in [2.24, 2.45) is 0 Å². The molecule has 0 saturated heterocycles. The van der Waals surface area contributed by atoms with E-state index in [0.717, 1.165) is 78.0 Å². The molecular formula is C50H32N2O2. The summed E-state index contributed by atoms with van der Waals surface area (Å²) in [5.41, 5.74) is 12.7. The Hall–Kier alpha value is -7.30. The first-order valence-electron chi connectivity index (χ1n) is 18.2. The van der Waals surface area contributed by atoms with Crippen LogP contribution in [0.5, 0.6) is 0 Å². The first-order chi connectivity index (χ1) is 26.7. The van der Waals surface area contributed by atoms with Crippen LogP contribution >= 0.6 is 0 Å². The Balaban J connectivity index is 1.03. The normalized spacial score (nSPS) is 11.7. The lowest BCUT2D eigenvalue weighted by molar-refractivity contribution is 0.631. The van der Waals surface area contributed by atoms with Crippen molar-refractivity contribution in [3.8, 4) is 28.1 Å². The van der Waals surface area contributed by atoms with E-state index in [-0.39, 0.29) is 0 Å². The van der Waals surface area contributed by atoms with Crippen LogP contribution in [0.2, 0.25) is 0 Å². The van der Waals surface area contributed by atoms with Crippen molar-refractivity contribution < 1.29 is 8.83 Å². The summed E-state index contributed by atoms with van der Waals surface area (Å²) in [7, 11) is 0. The van der Waals surface area contributed by atoms with Gasteiger partial charge in [0.25, 0.3) is 0 Å². The number of anilines is 3. The molecule has 0 radical (unpaired) electrons. The summed E-state index contributed by atoms with van der Waals surface area (Å²) < 4.78 is 14.9. The molecule has 0 aliphatic carbocycles. The topological polar surface area (TPSA) is 34.5 Å². The lowest BCUT2D eigenvalue weighted by Crippen LogP contribution is -2.10. The molecular weight excluding hydrogens is 661 g/mol. The molecule has 0 bridgehead atoms. The van der Waals surface area contributed by atoms with Crippen LogP contribution in [0.25, 0.3) is 82.9 Å². The molecule has 0 saturated carbocycles. The minimum Gasteiger partial charge on any atom is -0.456 e. The van der Waals surface area contributed by atoms with Crippen molar-refractivity contribution in [3.63, 3.8) is 0 Å². The Morgan fingerprint density at radius 1 is 0.352 bits per heavy atom. The molecule has 3 heterocycles. The van der Waals surface area contributed by atoms with Gasteiger partial charge in [0, 0.05) is 55.2 Å². The number of hydrogen-bond acceptors (Lipinski definition) is 3. The van der Waals surface area contributed by atoms with Crippen molar-refractivity contribution in [2.75, 3.05) is 4.90 Å². The fourth-order valence-corrected chi connectivity index (χ4v) is 8.00. The summed E-state index contributed by atoms with van der Waals surface area (Å²) in [4.78, 5) is 2.31. The molecule has 11 rings (SSSR count). The van der Waals surface area contributed by atoms with Crippen LogP contribution in [0.1, 0.15) is 0 Å². The maximum atomic E-state index is 6.31. The van der Waals surface area contributed by atoms with Crippen molar-refractivity contribution in [1.82, 2.24) is 4.57 Å². The van der Waals surface area contributed by atoms with E-state index in [1.165, 1.54) is 21.9 Å². The minimum atomic E-state index is 0.859. The van der Waals surface area contributed by atoms with Gasteiger partial charge >= 0.3 is 0 Å². The van der Waals surface area contributed by atoms with Crippen molar-refractivity contribution in [1.29, 1.82) is 0 Å². The van der Waals surface area contributed by atoms with E-state index >= 15 is 0 Å². The summed E-state index contributed by atoms with van der Waals surface area (Å²) in [5, 5.41) is 5.72. The highest BCUT2D eigenvalue weighted by molar-refractivity contribution is 6.17. The average molecular weight is 693 g/mol. The molecule has 0 aliphatic rings. The van der Waals surface area contributed by atoms with E-state index in [4.69, 9.17) is 8.83 Å². The first-order valence-corrected chi connectivity index (χ1v) is 18.2. The largest absolute Gasteiger partial charge is 0.456 e. The Morgan fingerprint density at radius 3 is 1.69 bits per heavy atom. The van der Waals surface area contributed by atoms with Gasteiger partial charge in [0.15, 0.2) is 0 Å². The predicted octanol–water partition coefficient (Wildman–Crippen LogP) is 14.2. The Morgan fingerprint density at radius 2 is 0.944 bits per heavy atom. The van der Waals surface area contributed by atoms with Crippen LogP contribution in [0.3, 0.4) is 0 Å². The molecule has 4 heteroatoms. The number of aromatic nitrogens is 1. The van der Waals surface area contributed by atoms with Gasteiger partial charge in [0.1, 0.15) is 22.5 Å². The zero-order valence-corrected chi connectivity index (χ0v) is 29.2. The molecule has 0 aliphatic heterocycles. The fraction of sp³-hybridized carbons (Fsp3) is 0. The summed E-state index contributed by atoms with van der Waals surface area (Å²) in [6, 6.07) is 68.5. The third-order valence-electron chi connectivity index (χ3n) is 10.6. The van der Waals surface area contributed by atoms with E-state index in [0.29, 0.717) is 0 Å². The zero-order chi connectivity index (χ0) is 35.6. The third-order valence-corrected chi connectivity index (χ3v) is 10.6. The standard InChI is InChI=1S/C50H32N2O2/c1-2-10-33(11-3-1)34-18-22-37(23-19-34)51(38-24-20-35(21-25-38)49-30-36-12-4-8-16-47(36)53-49)39-26-28-40(29-27-39)52-45-15-7-5-13-41(45)43-32-50-44(31-46(43)52)42-14-6-9-17-48(42)54-50/h1-32H. The molecule has 0 spiro atoms. The van der Waals surface area contributed by atoms with E-state index in [9.17, 15) is 0 Å². The Labute approximate surface area is 311 Å². The molecule has 0 fully saturated rings. The van der Waals surface area contributed by atoms with E-state index < -0.39 is 0 Å². The summed E-state index contributed by atoms with van der Waals surface area (Å²) in [5.74, 6) is 0.859. The second-order valence-electron chi connectivity index (χ2n) is 13.8. The zero-order valence-electron chi connectivity index (χ0n) is 29.2. The third kappa shape index (κ3) is 4.92. The average Bonchev–Trinajstić information content (AvgIpc) is 3.93. The van der Waals surface area contributed by atoms with Gasteiger partial charge in [0.2, 0.25) is 0 Å². The number of hydrogen-bond donors (Lipinski definition) is 0. The second kappa shape index (κ2) is 12.1. The van der Waals surface area contributed by atoms with Crippen molar-refractivity contribution in [2.45, 2.75) is 0 Å². The maximum absolute atomic E-state index is 6.31. The molecule has 8 aromatic carbocycles. The van der Waals surface area contributed by atoms with E-state index in [1.54, 1.807) is 0 Å². The highest BCUT2D eigenvalue weighted by atomic mass is 16.3. The Bertz CT molecular complexity index is 3100. The van der Waals surface area contributed by atoms with Crippen LogP contribution in [0, 0.1) is 0 Å². The first kappa shape index (κ1) is 30.3. The van der Waals surface area contributed by atoms with Gasteiger partial charge in [-0.1, -0.05) is 97.1 Å². The monoisotopic (exact) mass is 692 g/mol. The van der Waals surface area contributed by atoms with Crippen LogP contribution in [0.15, 0.2) is 203 Å². The smallest absolute Gasteiger partial charge is 0.136 e. The molecule has 0 amide bonds. The molecule has 4 nitrogen and oxygen atoms in total. The Kier molecular flexibility index (Phi) is 6.82. The van der Waals surface area contributed by atoms with Crippen LogP contribution in [-0.4, -0.2) is 4.57 Å². The summed E-state index contributed by atoms with van der Waals surface area (Å²) >= 11 is 0. The van der Waals surface area contributed by atoms with Crippen LogP contribution < -0.4 is 4.90 Å². The van der Waals surface area contributed by atoms with Gasteiger partial charge in [0.05, 0.1) is 11.0 Å². The van der Waals surface area contributed by atoms with Crippen molar-refractivity contribution in [3.05, 3.63) is 194 Å². The highest BCUT2D eigenvalue weighted by Gasteiger charge is 2.18. The fourth-order valence-electron chi connectivity index (χ4n) is 8.00. The number of para-hydroxylation sites is 3. The van der Waals surface area contributed by atoms with Gasteiger partial charge in [-0.3, -0.25) is 0 Å². The molecule has 11 aromatic rings. The number of furan rings is 2. The number of nitrogens with zero attached hydrogens (tertiary/aromatic N) is 2. The molecule has 0 atom stereocenters. The van der Waals surface area contributed by atoms with Crippen LogP contribution in [-0.2, 0) is 0 Å². The van der Waals surface area contributed by atoms with Crippen LogP contribution in [0.4, 0.5) is 17.1 Å². The SMILES string of the molecule is c1ccc(-c2ccc(N(c3ccc(-c4cc5ccccc5o4)cc3)c3ccc(-n4c5ccccc5c5cc6oc7ccccc7c6cc54)cc3)cc2)cc1. The maximum Gasteiger partial charge on any atom is 0.136 e. The van der Waals surface area contributed by atoms with Gasteiger partial charge < -0.3 is 18.3 Å². The molecule has 254 valence electrons. The van der Waals surface area contributed by atoms with Crippen molar-refractivity contribution >= 4 is 71.8 Å². The number of fused-ring (bicyclic) bond motifs is 7. The quantitative estimate of drug-likeness (QED) is 0.174. The highest BCUT2D eigenvalue weighted by Crippen LogP contribution is 2.41. The van der Waals surface area contributed by atoms with Gasteiger partial charge in [-0.05, 0) is 108 Å². The molecule has 0 unspecified atom stereocenters. The minimum absolute atomic E-state index is 0.859. The number of rotatable bonds is 6. The summed E-state index contributed by atoms with van der Waals surface area (Å²) in [6.07, 6.45) is 0. The molecule has 54 heavy (non-hydrogen) atoms. The predicted molar refractivity (Wildman–Crippen MR) is 223 cm³/mol. The van der Waals surface area contributed by atoms with Gasteiger partial charge in [-0.2, -0.15) is 0 Å². The lowest BCUT2D eigenvalue weighted by atomic mass is 10.0. The molecule has 0 N–H and O–H groups in total. The second-order valence-corrected chi connectivity index (χ2v) is 13.8. The van der Waals surface area contributed by atoms with Gasteiger partial charge in [-0.25, -0.2) is 0 Å². The number of benzene rings is 8. The van der Waals surface area contributed by atoms with E-state index in [2.05, 4.69) is 173 Å². The summed E-state index contributed by atoms with van der Waals surface area (Å²) in [6.45, 7) is 0. The van der Waals surface area contributed by atoms with E-state index in [1.807, 2.05) is 30.3 Å². The molecule has 3 aromatic heterocycles. The van der Waals surface area contributed by atoms with Gasteiger partial charge in [-0.15, -0.1) is 0 Å². The lowest BCUT2D eigenvalue weighted by Gasteiger charge is -2.26.